The predicted molar refractivity (Wildman–Crippen MR) is 191 cm³/mol. The molecular weight excluding hydrogens is 624 g/mol. The topological polar surface area (TPSA) is 119 Å². The normalized spacial score (nSPS) is 26.0. The number of fused-ring (bicyclic) bond motifs is 2. The molecule has 0 radical (unpaired) electrons. The Hall–Kier alpha value is -3.60. The van der Waals surface area contributed by atoms with E-state index in [1.165, 1.54) is 0 Å². The van der Waals surface area contributed by atoms with Crippen LogP contribution in [0.4, 0.5) is 4.79 Å². The first-order valence-electron chi connectivity index (χ1n) is 17.8. The minimum Gasteiger partial charge on any atom is -0.490 e. The number of aliphatic hydroxyl groups is 2. The first-order valence-corrected chi connectivity index (χ1v) is 17.8. The summed E-state index contributed by atoms with van der Waals surface area (Å²) in [6.07, 6.45) is 13.4. The molecule has 1 aliphatic heterocycles. The highest BCUT2D eigenvalue weighted by Crippen LogP contribution is 2.61. The number of amides is 1. The lowest BCUT2D eigenvalue weighted by Gasteiger charge is -2.59. The number of carbonyl (C=O) groups excluding carboxylic acids is 1. The SMILES string of the molecule is C=CCCOC(=O)N(CCC)C1CC(=NOC)C2=CC(CCCCO)C(CCCCO)C3c4cc(OCC=C)ccc4OC1(OCC=C)C23. The standard InChI is InChI=1S/C39H56N2O8/c1-6-10-24-47-38(44)41(19-7-2)35-27-33(40-45-5)31-25-28(15-11-13-20-42)30(16-12-14-21-43)36-32-26-29(46-22-8-3)17-18-34(32)49-39(35,37(31)36)48-23-9-4/h6,8-9,17-18,25-26,28,30,35-37,42-43H,1,3-4,7,10-16,19-24,27H2,2,5H3. The van der Waals surface area contributed by atoms with Crippen LogP contribution in [0.1, 0.15) is 76.2 Å². The third kappa shape index (κ3) is 8.59. The number of carbonyl (C=O) groups is 1. The number of unbranched alkanes of at least 4 members (excludes halogenated alkanes) is 2. The Labute approximate surface area is 292 Å². The molecule has 10 heteroatoms. The van der Waals surface area contributed by atoms with Crippen molar-refractivity contribution in [2.24, 2.45) is 22.9 Å². The lowest BCUT2D eigenvalue weighted by molar-refractivity contribution is -0.255. The van der Waals surface area contributed by atoms with Crippen LogP contribution in [-0.2, 0) is 14.3 Å². The number of ether oxygens (including phenoxy) is 4. The van der Waals surface area contributed by atoms with E-state index in [1.807, 2.05) is 19.1 Å². The van der Waals surface area contributed by atoms with Gasteiger partial charge in [0.2, 0.25) is 5.79 Å². The van der Waals surface area contributed by atoms with Crippen molar-refractivity contribution in [3.8, 4) is 11.5 Å². The lowest BCUT2D eigenvalue weighted by Crippen LogP contribution is -2.70. The molecule has 1 fully saturated rings. The van der Waals surface area contributed by atoms with E-state index in [1.54, 1.807) is 30.2 Å². The van der Waals surface area contributed by atoms with Gasteiger partial charge in [-0.15, -0.1) is 13.2 Å². The Morgan fingerprint density at radius 1 is 1.08 bits per heavy atom. The third-order valence-electron chi connectivity index (χ3n) is 9.84. The summed E-state index contributed by atoms with van der Waals surface area (Å²) in [4.78, 5) is 21.1. The molecule has 2 N–H and O–H groups in total. The number of nitrogens with zero attached hydrogens (tertiary/aromatic N) is 2. The minimum atomic E-state index is -1.31. The molecule has 270 valence electrons. The highest BCUT2D eigenvalue weighted by atomic mass is 16.7. The lowest BCUT2D eigenvalue weighted by atomic mass is 9.55. The fourth-order valence-corrected chi connectivity index (χ4v) is 7.93. The molecule has 0 bridgehead atoms. The van der Waals surface area contributed by atoms with Gasteiger partial charge in [-0.1, -0.05) is 55.8 Å². The Bertz CT molecular complexity index is 1330. The van der Waals surface area contributed by atoms with E-state index in [4.69, 9.17) is 23.8 Å². The fourth-order valence-electron chi connectivity index (χ4n) is 7.93. The van der Waals surface area contributed by atoms with Crippen LogP contribution in [0.5, 0.6) is 11.5 Å². The van der Waals surface area contributed by atoms with Crippen LogP contribution < -0.4 is 9.47 Å². The molecule has 10 nitrogen and oxygen atoms in total. The number of hydrogen-bond donors (Lipinski definition) is 2. The van der Waals surface area contributed by atoms with Crippen LogP contribution in [-0.4, -0.2) is 85.4 Å². The van der Waals surface area contributed by atoms with E-state index in [0.29, 0.717) is 56.8 Å². The molecule has 1 aromatic rings. The minimum absolute atomic E-state index is 0.120. The third-order valence-corrected chi connectivity index (χ3v) is 9.84. The van der Waals surface area contributed by atoms with Gasteiger partial charge in [0.15, 0.2) is 0 Å². The maximum atomic E-state index is 13.9. The van der Waals surface area contributed by atoms with Gasteiger partial charge in [-0.3, -0.25) is 4.90 Å². The average molecular weight is 681 g/mol. The Kier molecular flexibility index (Phi) is 14.8. The van der Waals surface area contributed by atoms with Crippen LogP contribution in [0.3, 0.4) is 0 Å². The van der Waals surface area contributed by atoms with Crippen molar-refractivity contribution >= 4 is 11.8 Å². The van der Waals surface area contributed by atoms with E-state index in [-0.39, 0.29) is 50.1 Å². The van der Waals surface area contributed by atoms with E-state index in [9.17, 15) is 15.0 Å². The van der Waals surface area contributed by atoms with Crippen molar-refractivity contribution in [3.05, 3.63) is 73.4 Å². The Morgan fingerprint density at radius 2 is 1.84 bits per heavy atom. The second kappa shape index (κ2) is 19.0. The molecule has 6 unspecified atom stereocenters. The number of allylic oxidation sites excluding steroid dienone is 1. The number of benzene rings is 1. The van der Waals surface area contributed by atoms with Crippen LogP contribution in [0.15, 0.2) is 73.0 Å². The van der Waals surface area contributed by atoms with Gasteiger partial charge in [0, 0.05) is 37.7 Å². The fraction of sp³-hybridized carbons (Fsp3) is 0.590. The molecule has 1 aromatic carbocycles. The molecular formula is C39H56N2O8. The molecule has 3 aliphatic rings. The van der Waals surface area contributed by atoms with Gasteiger partial charge in [0.1, 0.15) is 31.3 Å². The summed E-state index contributed by atoms with van der Waals surface area (Å²) in [6, 6.07) is 5.29. The molecule has 1 amide bonds. The molecule has 49 heavy (non-hydrogen) atoms. The molecule has 6 atom stereocenters. The van der Waals surface area contributed by atoms with Crippen molar-refractivity contribution in [1.82, 2.24) is 4.90 Å². The predicted octanol–water partition coefficient (Wildman–Crippen LogP) is 6.94. The Balaban J connectivity index is 2.00. The smallest absolute Gasteiger partial charge is 0.410 e. The summed E-state index contributed by atoms with van der Waals surface area (Å²) in [5.74, 6) is -0.153. The molecule has 0 saturated heterocycles. The number of rotatable bonds is 21. The first-order chi connectivity index (χ1) is 23.9. The van der Waals surface area contributed by atoms with Crippen molar-refractivity contribution < 1.29 is 38.8 Å². The van der Waals surface area contributed by atoms with Crippen molar-refractivity contribution in [2.45, 2.75) is 82.5 Å². The zero-order chi connectivity index (χ0) is 35.2. The van der Waals surface area contributed by atoms with Crippen molar-refractivity contribution in [3.63, 3.8) is 0 Å². The zero-order valence-corrected chi connectivity index (χ0v) is 29.4. The maximum Gasteiger partial charge on any atom is 0.410 e. The van der Waals surface area contributed by atoms with E-state index in [2.05, 4.69) is 37.0 Å². The zero-order valence-electron chi connectivity index (χ0n) is 29.4. The van der Waals surface area contributed by atoms with Crippen LogP contribution in [0.25, 0.3) is 0 Å². The Morgan fingerprint density at radius 3 is 2.51 bits per heavy atom. The second-order valence-corrected chi connectivity index (χ2v) is 12.9. The molecule has 1 heterocycles. The van der Waals surface area contributed by atoms with Crippen LogP contribution in [0.2, 0.25) is 0 Å². The molecule has 2 aliphatic carbocycles. The van der Waals surface area contributed by atoms with Gasteiger partial charge >= 0.3 is 6.09 Å². The summed E-state index contributed by atoms with van der Waals surface area (Å²) >= 11 is 0. The summed E-state index contributed by atoms with van der Waals surface area (Å²) in [5, 5.41) is 24.1. The number of hydrogen-bond acceptors (Lipinski definition) is 9. The highest BCUT2D eigenvalue weighted by molar-refractivity contribution is 6.02. The highest BCUT2D eigenvalue weighted by Gasteiger charge is 2.65. The van der Waals surface area contributed by atoms with Crippen LogP contribution >= 0.6 is 0 Å². The van der Waals surface area contributed by atoms with Crippen molar-refractivity contribution in [2.75, 3.05) is 46.7 Å². The molecule has 4 rings (SSSR count). The summed E-state index contributed by atoms with van der Waals surface area (Å²) in [5.41, 5.74) is 2.73. The molecule has 0 spiro atoms. The summed E-state index contributed by atoms with van der Waals surface area (Å²) < 4.78 is 25.9. The van der Waals surface area contributed by atoms with Gasteiger partial charge in [-0.2, -0.15) is 0 Å². The quantitative estimate of drug-likeness (QED) is 0.0815. The van der Waals surface area contributed by atoms with Gasteiger partial charge in [-0.25, -0.2) is 4.79 Å². The monoisotopic (exact) mass is 680 g/mol. The molecule has 0 aromatic heterocycles. The maximum absolute atomic E-state index is 13.9. The number of aliphatic hydroxyl groups excluding tert-OH is 2. The van der Waals surface area contributed by atoms with E-state index < -0.39 is 17.9 Å². The van der Waals surface area contributed by atoms with Gasteiger partial charge in [0.25, 0.3) is 0 Å². The van der Waals surface area contributed by atoms with Gasteiger partial charge in [0.05, 0.1) is 24.8 Å². The molecule has 1 saturated carbocycles. The largest absolute Gasteiger partial charge is 0.490 e. The van der Waals surface area contributed by atoms with E-state index in [0.717, 1.165) is 42.5 Å². The van der Waals surface area contributed by atoms with Crippen LogP contribution in [0, 0.1) is 17.8 Å². The van der Waals surface area contributed by atoms with Gasteiger partial charge < -0.3 is 34.0 Å². The van der Waals surface area contributed by atoms with Gasteiger partial charge in [-0.05, 0) is 74.1 Å². The summed E-state index contributed by atoms with van der Waals surface area (Å²) in [6.45, 7) is 15.0. The first kappa shape index (κ1) is 38.2. The summed E-state index contributed by atoms with van der Waals surface area (Å²) in [7, 11) is 1.54. The average Bonchev–Trinajstić information content (AvgIpc) is 3.11. The number of oxime groups is 1. The second-order valence-electron chi connectivity index (χ2n) is 12.9. The van der Waals surface area contributed by atoms with E-state index >= 15 is 0 Å². The van der Waals surface area contributed by atoms with Crippen molar-refractivity contribution in [1.29, 1.82) is 0 Å².